The topological polar surface area (TPSA) is 35.6 Å². The molecule has 1 rings (SSSR count). The maximum Gasteiger partial charge on any atom is 0.319 e. The van der Waals surface area contributed by atoms with Gasteiger partial charge in [-0.1, -0.05) is 6.92 Å². The smallest absolute Gasteiger partial charge is 0.319 e. The molecule has 0 spiro atoms. The maximum atomic E-state index is 11.9. The lowest BCUT2D eigenvalue weighted by molar-refractivity contribution is 0.156. The largest absolute Gasteiger partial charge is 0.331 e. The second-order valence-electron chi connectivity index (χ2n) is 4.84. The predicted octanol–water partition coefficient (Wildman–Crippen LogP) is 1.38. The van der Waals surface area contributed by atoms with Crippen molar-refractivity contribution < 1.29 is 4.79 Å². The van der Waals surface area contributed by atoms with Gasteiger partial charge in [0.25, 0.3) is 0 Å². The van der Waals surface area contributed by atoms with Crippen LogP contribution in [0.4, 0.5) is 4.79 Å². The molecule has 1 saturated heterocycles. The first kappa shape index (κ1) is 13.3. The van der Waals surface area contributed by atoms with Gasteiger partial charge in [0.2, 0.25) is 0 Å². The molecule has 0 bridgehead atoms. The van der Waals surface area contributed by atoms with Gasteiger partial charge in [-0.15, -0.1) is 0 Å². The van der Waals surface area contributed by atoms with E-state index in [2.05, 4.69) is 12.2 Å². The molecule has 0 aromatic carbocycles. The summed E-state index contributed by atoms with van der Waals surface area (Å²) in [6.45, 7) is 6.08. The van der Waals surface area contributed by atoms with Gasteiger partial charge in [0, 0.05) is 27.2 Å². The van der Waals surface area contributed by atoms with E-state index in [9.17, 15) is 4.79 Å². The van der Waals surface area contributed by atoms with Gasteiger partial charge in [-0.05, 0) is 38.3 Å². The molecule has 16 heavy (non-hydrogen) atoms. The van der Waals surface area contributed by atoms with Gasteiger partial charge in [0.05, 0.1) is 0 Å². The molecule has 0 aromatic rings. The summed E-state index contributed by atoms with van der Waals surface area (Å²) in [5, 5.41) is 3.40. The number of rotatable bonds is 4. The zero-order chi connectivity index (χ0) is 12.0. The van der Waals surface area contributed by atoms with Crippen molar-refractivity contribution in [3.05, 3.63) is 0 Å². The van der Waals surface area contributed by atoms with Gasteiger partial charge in [-0.3, -0.25) is 0 Å². The van der Waals surface area contributed by atoms with E-state index in [1.165, 1.54) is 12.8 Å². The van der Waals surface area contributed by atoms with Crippen molar-refractivity contribution in [1.29, 1.82) is 0 Å². The molecule has 1 fully saturated rings. The minimum Gasteiger partial charge on any atom is -0.331 e. The van der Waals surface area contributed by atoms with E-state index in [-0.39, 0.29) is 6.03 Å². The van der Waals surface area contributed by atoms with Crippen LogP contribution in [0, 0.1) is 5.92 Å². The molecule has 0 aromatic heterocycles. The molecule has 0 saturated carbocycles. The molecule has 4 heteroatoms. The van der Waals surface area contributed by atoms with Crippen LogP contribution in [0.3, 0.4) is 0 Å². The Balaban J connectivity index is 2.45. The van der Waals surface area contributed by atoms with Crippen molar-refractivity contribution in [2.75, 3.05) is 40.3 Å². The number of urea groups is 1. The maximum absolute atomic E-state index is 11.9. The molecule has 1 atom stereocenters. The Bertz CT molecular complexity index is 212. The summed E-state index contributed by atoms with van der Waals surface area (Å²) in [4.78, 5) is 15.6. The highest BCUT2D eigenvalue weighted by atomic mass is 16.2. The number of amides is 2. The molecule has 1 aliphatic rings. The molecule has 1 aliphatic heterocycles. The first-order valence-corrected chi connectivity index (χ1v) is 6.32. The summed E-state index contributed by atoms with van der Waals surface area (Å²) < 4.78 is 0. The van der Waals surface area contributed by atoms with E-state index < -0.39 is 0 Å². The number of carbonyl (C=O) groups is 1. The zero-order valence-electron chi connectivity index (χ0n) is 10.8. The highest BCUT2D eigenvalue weighted by Gasteiger charge is 2.20. The molecule has 4 nitrogen and oxygen atoms in total. The lowest BCUT2D eigenvalue weighted by Gasteiger charge is -2.31. The predicted molar refractivity (Wildman–Crippen MR) is 66.5 cm³/mol. The summed E-state index contributed by atoms with van der Waals surface area (Å²) in [6, 6.07) is 0.146. The van der Waals surface area contributed by atoms with Crippen LogP contribution in [0.1, 0.15) is 26.2 Å². The van der Waals surface area contributed by atoms with E-state index in [1.54, 1.807) is 4.90 Å². The van der Waals surface area contributed by atoms with Crippen molar-refractivity contribution in [2.45, 2.75) is 26.2 Å². The summed E-state index contributed by atoms with van der Waals surface area (Å²) in [6.07, 6.45) is 3.51. The fourth-order valence-corrected chi connectivity index (χ4v) is 2.21. The van der Waals surface area contributed by atoms with Gasteiger partial charge < -0.3 is 15.1 Å². The Hall–Kier alpha value is -0.770. The fourth-order valence-electron chi connectivity index (χ4n) is 2.21. The Kier molecular flexibility index (Phi) is 5.60. The van der Waals surface area contributed by atoms with Crippen LogP contribution in [0.5, 0.6) is 0 Å². The number of hydrogen-bond acceptors (Lipinski definition) is 2. The van der Waals surface area contributed by atoms with E-state index in [0.29, 0.717) is 5.92 Å². The van der Waals surface area contributed by atoms with Gasteiger partial charge >= 0.3 is 6.03 Å². The summed E-state index contributed by atoms with van der Waals surface area (Å²) >= 11 is 0. The molecule has 0 aliphatic carbocycles. The number of nitrogens with one attached hydrogen (secondary N) is 1. The first-order valence-electron chi connectivity index (χ1n) is 6.32. The molecule has 1 unspecified atom stereocenters. The van der Waals surface area contributed by atoms with Crippen molar-refractivity contribution in [2.24, 2.45) is 5.92 Å². The summed E-state index contributed by atoms with van der Waals surface area (Å²) in [7, 11) is 3.65. The fraction of sp³-hybridized carbons (Fsp3) is 0.917. The van der Waals surface area contributed by atoms with Crippen molar-refractivity contribution in [3.63, 3.8) is 0 Å². The van der Waals surface area contributed by atoms with Crippen LogP contribution >= 0.6 is 0 Å². The van der Waals surface area contributed by atoms with Gasteiger partial charge in [0.1, 0.15) is 0 Å². The normalized spacial score (nSPS) is 20.6. The van der Waals surface area contributed by atoms with Crippen LogP contribution in [0.25, 0.3) is 0 Å². The first-order chi connectivity index (χ1) is 7.65. The quantitative estimate of drug-likeness (QED) is 0.787. The highest BCUT2D eigenvalue weighted by Crippen LogP contribution is 2.12. The third-order valence-corrected chi connectivity index (χ3v) is 3.02. The zero-order valence-corrected chi connectivity index (χ0v) is 10.8. The highest BCUT2D eigenvalue weighted by molar-refractivity contribution is 5.73. The number of hydrogen-bond donors (Lipinski definition) is 1. The van der Waals surface area contributed by atoms with Crippen LogP contribution in [0.2, 0.25) is 0 Å². The SMILES string of the molecule is CCCN(CC1CCCNC1)C(=O)N(C)C. The molecule has 0 radical (unpaired) electrons. The van der Waals surface area contributed by atoms with Crippen LogP contribution in [-0.2, 0) is 0 Å². The third-order valence-electron chi connectivity index (χ3n) is 3.02. The molecule has 94 valence electrons. The van der Waals surface area contributed by atoms with Crippen molar-refractivity contribution in [1.82, 2.24) is 15.1 Å². The second kappa shape index (κ2) is 6.74. The Labute approximate surface area is 99.0 Å². The second-order valence-corrected chi connectivity index (χ2v) is 4.84. The van der Waals surface area contributed by atoms with Crippen molar-refractivity contribution >= 4 is 6.03 Å². The lowest BCUT2D eigenvalue weighted by atomic mass is 9.99. The molecule has 2 amide bonds. The number of nitrogens with zero attached hydrogens (tertiary/aromatic N) is 2. The minimum absolute atomic E-state index is 0.146. The Morgan fingerprint density at radius 2 is 2.19 bits per heavy atom. The van der Waals surface area contributed by atoms with E-state index in [0.717, 1.165) is 32.6 Å². The average Bonchev–Trinajstić information content (AvgIpc) is 2.29. The Morgan fingerprint density at radius 3 is 2.69 bits per heavy atom. The lowest BCUT2D eigenvalue weighted by Crippen LogP contribution is -2.45. The van der Waals surface area contributed by atoms with Crippen LogP contribution in [-0.4, -0.2) is 56.1 Å². The van der Waals surface area contributed by atoms with Gasteiger partial charge in [0.15, 0.2) is 0 Å². The molecular weight excluding hydrogens is 202 g/mol. The molecular formula is C12H25N3O. The Morgan fingerprint density at radius 1 is 1.44 bits per heavy atom. The minimum atomic E-state index is 0.146. The molecule has 1 heterocycles. The summed E-state index contributed by atoms with van der Waals surface area (Å²) in [5.74, 6) is 0.629. The van der Waals surface area contributed by atoms with Crippen LogP contribution < -0.4 is 5.32 Å². The average molecular weight is 227 g/mol. The number of carbonyl (C=O) groups excluding carboxylic acids is 1. The van der Waals surface area contributed by atoms with Crippen LogP contribution in [0.15, 0.2) is 0 Å². The van der Waals surface area contributed by atoms with E-state index >= 15 is 0 Å². The van der Waals surface area contributed by atoms with Gasteiger partial charge in [-0.2, -0.15) is 0 Å². The molecule has 1 N–H and O–H groups in total. The number of piperidine rings is 1. The third kappa shape index (κ3) is 4.00. The van der Waals surface area contributed by atoms with E-state index in [4.69, 9.17) is 0 Å². The van der Waals surface area contributed by atoms with Crippen molar-refractivity contribution in [3.8, 4) is 0 Å². The standard InChI is InChI=1S/C12H25N3O/c1-4-8-15(12(16)14(2)3)10-11-6-5-7-13-9-11/h11,13H,4-10H2,1-3H3. The summed E-state index contributed by atoms with van der Waals surface area (Å²) in [5.41, 5.74) is 0. The van der Waals surface area contributed by atoms with E-state index in [1.807, 2.05) is 19.0 Å². The van der Waals surface area contributed by atoms with Gasteiger partial charge in [-0.25, -0.2) is 4.79 Å². The monoisotopic (exact) mass is 227 g/mol.